The Kier molecular flexibility index (Phi) is 6.21. The van der Waals surface area contributed by atoms with Crippen molar-refractivity contribution in [3.63, 3.8) is 0 Å². The lowest BCUT2D eigenvalue weighted by Crippen LogP contribution is -2.41. The van der Waals surface area contributed by atoms with Crippen LogP contribution in [0.15, 0.2) is 6.20 Å². The van der Waals surface area contributed by atoms with Crippen molar-refractivity contribution in [3.8, 4) is 0 Å². The van der Waals surface area contributed by atoms with Crippen LogP contribution in [0.4, 0.5) is 15.0 Å². The predicted molar refractivity (Wildman–Crippen MR) is 90.6 cm³/mol. The number of nitrogens with zero attached hydrogens (tertiary/aromatic N) is 2. The number of nitrogens with one attached hydrogen (secondary N) is 2. The van der Waals surface area contributed by atoms with Crippen molar-refractivity contribution in [1.82, 2.24) is 15.3 Å². The average molecular weight is 359 g/mol. The van der Waals surface area contributed by atoms with Crippen LogP contribution in [0.1, 0.15) is 46.5 Å². The molecule has 0 saturated heterocycles. The number of halogens is 2. The van der Waals surface area contributed by atoms with Crippen LogP contribution < -0.4 is 10.6 Å². The fourth-order valence-electron chi connectivity index (χ4n) is 2.70. The predicted octanol–water partition coefficient (Wildman–Crippen LogP) is 3.76. The lowest BCUT2D eigenvalue weighted by molar-refractivity contribution is 0.0488. The SMILES string of the molecule is CC(C)(C)OC(=O)N[C@H]1CC[C@H](CNc2nc(Cl)ncc2F)CC1. The fraction of sp³-hybridized carbons (Fsp3) is 0.688. The molecule has 1 aromatic heterocycles. The first-order chi connectivity index (χ1) is 11.2. The Morgan fingerprint density at radius 1 is 1.38 bits per heavy atom. The Labute approximate surface area is 146 Å². The lowest BCUT2D eigenvalue weighted by atomic mass is 9.86. The molecular weight excluding hydrogens is 335 g/mol. The van der Waals surface area contributed by atoms with Crippen molar-refractivity contribution < 1.29 is 13.9 Å². The molecule has 134 valence electrons. The summed E-state index contributed by atoms with van der Waals surface area (Å²) < 4.78 is 18.8. The van der Waals surface area contributed by atoms with Gasteiger partial charge >= 0.3 is 6.09 Å². The van der Waals surface area contributed by atoms with Crippen molar-refractivity contribution in [1.29, 1.82) is 0 Å². The minimum Gasteiger partial charge on any atom is -0.444 e. The van der Waals surface area contributed by atoms with Gasteiger partial charge in [-0.2, -0.15) is 4.98 Å². The van der Waals surface area contributed by atoms with Gasteiger partial charge in [0.1, 0.15) is 5.60 Å². The van der Waals surface area contributed by atoms with Crippen LogP contribution in [0.5, 0.6) is 0 Å². The molecule has 2 N–H and O–H groups in total. The molecule has 0 unspecified atom stereocenters. The second-order valence-electron chi connectivity index (χ2n) is 7.08. The number of carbonyl (C=O) groups is 1. The molecule has 0 radical (unpaired) electrons. The largest absolute Gasteiger partial charge is 0.444 e. The molecule has 8 heteroatoms. The van der Waals surface area contributed by atoms with E-state index < -0.39 is 11.4 Å². The topological polar surface area (TPSA) is 76.1 Å². The standard InChI is InChI=1S/C16H24ClFN4O2/c1-16(2,3)24-15(23)21-11-6-4-10(5-7-11)8-19-13-12(18)9-20-14(17)22-13/h9-11H,4-8H2,1-3H3,(H,21,23)(H,19,20,22)/t10-,11-. The van der Waals surface area contributed by atoms with Crippen molar-refractivity contribution in [3.05, 3.63) is 17.3 Å². The summed E-state index contributed by atoms with van der Waals surface area (Å²) in [6.45, 7) is 6.14. The van der Waals surface area contributed by atoms with Gasteiger partial charge in [0.15, 0.2) is 11.6 Å². The number of aromatic nitrogens is 2. The van der Waals surface area contributed by atoms with E-state index in [-0.39, 0.29) is 23.2 Å². The summed E-state index contributed by atoms with van der Waals surface area (Å²) in [4.78, 5) is 19.2. The number of hydrogen-bond acceptors (Lipinski definition) is 5. The summed E-state index contributed by atoms with van der Waals surface area (Å²) in [5.74, 6) is 0.0125. The number of carbonyl (C=O) groups excluding carboxylic acids is 1. The molecule has 1 aliphatic carbocycles. The van der Waals surface area contributed by atoms with Gasteiger partial charge in [-0.1, -0.05) is 0 Å². The van der Waals surface area contributed by atoms with E-state index in [0.29, 0.717) is 12.5 Å². The van der Waals surface area contributed by atoms with E-state index in [1.54, 1.807) is 0 Å². The second kappa shape index (κ2) is 7.96. The Morgan fingerprint density at radius 3 is 2.67 bits per heavy atom. The Hall–Kier alpha value is -1.63. The van der Waals surface area contributed by atoms with E-state index in [0.717, 1.165) is 31.9 Å². The molecule has 1 aliphatic rings. The van der Waals surface area contributed by atoms with Gasteiger partial charge in [-0.05, 0) is 64.0 Å². The number of alkyl carbamates (subject to hydrolysis) is 1. The average Bonchev–Trinajstić information content (AvgIpc) is 2.47. The van der Waals surface area contributed by atoms with Gasteiger partial charge in [0.05, 0.1) is 6.20 Å². The molecule has 1 fully saturated rings. The third-order valence-corrected chi connectivity index (χ3v) is 4.02. The molecule has 0 atom stereocenters. The molecular formula is C16H24ClFN4O2. The van der Waals surface area contributed by atoms with Crippen LogP contribution in [-0.2, 0) is 4.74 Å². The molecule has 0 aliphatic heterocycles. The highest BCUT2D eigenvalue weighted by molar-refractivity contribution is 6.28. The maximum absolute atomic E-state index is 13.6. The molecule has 1 aromatic rings. The number of ether oxygens (including phenoxy) is 1. The summed E-state index contributed by atoms with van der Waals surface area (Å²) in [6, 6.07) is 0.126. The van der Waals surface area contributed by atoms with E-state index in [2.05, 4.69) is 20.6 Å². The molecule has 2 rings (SSSR count). The van der Waals surface area contributed by atoms with Crippen LogP contribution in [-0.4, -0.2) is 34.2 Å². The van der Waals surface area contributed by atoms with Crippen LogP contribution >= 0.6 is 11.6 Å². The molecule has 1 amide bonds. The minimum atomic E-state index is -0.514. The third kappa shape index (κ3) is 6.11. The van der Waals surface area contributed by atoms with Crippen molar-refractivity contribution in [2.75, 3.05) is 11.9 Å². The zero-order valence-electron chi connectivity index (χ0n) is 14.2. The molecule has 1 heterocycles. The third-order valence-electron chi connectivity index (χ3n) is 3.84. The van der Waals surface area contributed by atoms with Gasteiger partial charge in [0.25, 0.3) is 0 Å². The van der Waals surface area contributed by atoms with Gasteiger partial charge in [-0.25, -0.2) is 14.2 Å². The molecule has 0 spiro atoms. The first-order valence-electron chi connectivity index (χ1n) is 8.14. The fourth-order valence-corrected chi connectivity index (χ4v) is 2.83. The van der Waals surface area contributed by atoms with E-state index in [1.807, 2.05) is 20.8 Å². The van der Waals surface area contributed by atoms with Crippen LogP contribution in [0, 0.1) is 11.7 Å². The van der Waals surface area contributed by atoms with Gasteiger partial charge in [-0.15, -0.1) is 0 Å². The van der Waals surface area contributed by atoms with Crippen molar-refractivity contribution in [2.45, 2.75) is 58.1 Å². The van der Waals surface area contributed by atoms with E-state index in [4.69, 9.17) is 16.3 Å². The normalized spacial score (nSPS) is 21.2. The smallest absolute Gasteiger partial charge is 0.407 e. The Balaban J connectivity index is 1.73. The zero-order chi connectivity index (χ0) is 17.7. The highest BCUT2D eigenvalue weighted by atomic mass is 35.5. The Morgan fingerprint density at radius 2 is 2.04 bits per heavy atom. The van der Waals surface area contributed by atoms with E-state index in [1.165, 1.54) is 0 Å². The summed E-state index contributed by atoms with van der Waals surface area (Å²) in [5.41, 5.74) is -0.492. The van der Waals surface area contributed by atoms with E-state index in [9.17, 15) is 9.18 Å². The summed E-state index contributed by atoms with van der Waals surface area (Å²) in [5, 5.41) is 5.91. The quantitative estimate of drug-likeness (QED) is 0.801. The highest BCUT2D eigenvalue weighted by Gasteiger charge is 2.24. The van der Waals surface area contributed by atoms with Crippen molar-refractivity contribution in [2.24, 2.45) is 5.92 Å². The molecule has 0 bridgehead atoms. The van der Waals surface area contributed by atoms with Gasteiger partial charge in [-0.3, -0.25) is 0 Å². The molecule has 6 nitrogen and oxygen atoms in total. The summed E-state index contributed by atoms with van der Waals surface area (Å²) >= 11 is 5.67. The summed E-state index contributed by atoms with van der Waals surface area (Å²) in [7, 11) is 0. The number of anilines is 1. The van der Waals surface area contributed by atoms with Gasteiger partial charge in [0, 0.05) is 12.6 Å². The second-order valence-corrected chi connectivity index (χ2v) is 7.42. The van der Waals surface area contributed by atoms with Gasteiger partial charge in [0.2, 0.25) is 5.28 Å². The van der Waals surface area contributed by atoms with Crippen LogP contribution in [0.25, 0.3) is 0 Å². The molecule has 0 aromatic carbocycles. The lowest BCUT2D eigenvalue weighted by Gasteiger charge is -2.30. The number of amides is 1. The van der Waals surface area contributed by atoms with E-state index >= 15 is 0 Å². The maximum Gasteiger partial charge on any atom is 0.407 e. The Bertz CT molecular complexity index is 572. The summed E-state index contributed by atoms with van der Waals surface area (Å²) in [6.07, 6.45) is 4.31. The van der Waals surface area contributed by atoms with Gasteiger partial charge < -0.3 is 15.4 Å². The highest BCUT2D eigenvalue weighted by Crippen LogP contribution is 2.25. The van der Waals surface area contributed by atoms with Crippen LogP contribution in [0.3, 0.4) is 0 Å². The first-order valence-corrected chi connectivity index (χ1v) is 8.52. The zero-order valence-corrected chi connectivity index (χ0v) is 15.0. The maximum atomic E-state index is 13.6. The molecule has 24 heavy (non-hydrogen) atoms. The number of hydrogen-bond donors (Lipinski definition) is 2. The minimum absolute atomic E-state index is 0.0177. The number of rotatable bonds is 4. The van der Waals surface area contributed by atoms with Crippen molar-refractivity contribution >= 4 is 23.5 Å². The molecule has 1 saturated carbocycles. The monoisotopic (exact) mass is 358 g/mol. The van der Waals surface area contributed by atoms with Crippen LogP contribution in [0.2, 0.25) is 5.28 Å². The first kappa shape index (κ1) is 18.7.